The van der Waals surface area contributed by atoms with E-state index in [0.717, 1.165) is 19.5 Å². The van der Waals surface area contributed by atoms with Crippen molar-refractivity contribution in [2.75, 3.05) is 39.3 Å². The van der Waals surface area contributed by atoms with Crippen LogP contribution >= 0.6 is 0 Å². The third-order valence-electron chi connectivity index (χ3n) is 3.88. The average molecular weight is 224 g/mol. The fourth-order valence-electron chi connectivity index (χ4n) is 2.80. The Kier molecular flexibility index (Phi) is 4.18. The topological polar surface area (TPSA) is 56.4 Å². The second-order valence-electron chi connectivity index (χ2n) is 5.14. The van der Waals surface area contributed by atoms with Gasteiger partial charge in [0.05, 0.1) is 5.84 Å². The standard InChI is InChI=1S/C12H24N4/c13-12(14)11-4-3-7-16(10-11)9-8-15-5-1-2-6-15/h11H,1-10H2,(H3,13,14). The summed E-state index contributed by atoms with van der Waals surface area (Å²) < 4.78 is 0. The van der Waals surface area contributed by atoms with Gasteiger partial charge in [-0.3, -0.25) is 5.41 Å². The predicted molar refractivity (Wildman–Crippen MR) is 66.8 cm³/mol. The van der Waals surface area contributed by atoms with E-state index in [4.69, 9.17) is 11.1 Å². The summed E-state index contributed by atoms with van der Waals surface area (Å²) in [6.45, 7) is 7.11. The van der Waals surface area contributed by atoms with Crippen LogP contribution in [0.3, 0.4) is 0 Å². The second kappa shape index (κ2) is 5.64. The van der Waals surface area contributed by atoms with Crippen molar-refractivity contribution in [3.05, 3.63) is 0 Å². The van der Waals surface area contributed by atoms with Gasteiger partial charge >= 0.3 is 0 Å². The third kappa shape index (κ3) is 3.19. The summed E-state index contributed by atoms with van der Waals surface area (Å²) >= 11 is 0. The van der Waals surface area contributed by atoms with Gasteiger partial charge in [0.1, 0.15) is 0 Å². The summed E-state index contributed by atoms with van der Waals surface area (Å²) in [4.78, 5) is 5.03. The zero-order valence-corrected chi connectivity index (χ0v) is 10.1. The van der Waals surface area contributed by atoms with Crippen LogP contribution < -0.4 is 5.73 Å². The van der Waals surface area contributed by atoms with Crippen molar-refractivity contribution in [3.63, 3.8) is 0 Å². The summed E-state index contributed by atoms with van der Waals surface area (Å²) in [5.74, 6) is 0.693. The van der Waals surface area contributed by atoms with E-state index in [2.05, 4.69) is 9.80 Å². The van der Waals surface area contributed by atoms with Gasteiger partial charge in [0.2, 0.25) is 0 Å². The Morgan fingerprint density at radius 2 is 1.69 bits per heavy atom. The first kappa shape index (κ1) is 11.9. The van der Waals surface area contributed by atoms with Gasteiger partial charge in [0.25, 0.3) is 0 Å². The molecule has 2 aliphatic rings. The highest BCUT2D eigenvalue weighted by molar-refractivity contribution is 5.79. The van der Waals surface area contributed by atoms with Crippen molar-refractivity contribution in [2.45, 2.75) is 25.7 Å². The molecule has 0 amide bonds. The van der Waals surface area contributed by atoms with Crippen LogP contribution in [0.4, 0.5) is 0 Å². The minimum absolute atomic E-state index is 0.312. The Bertz CT molecular complexity index is 235. The number of nitrogens with one attached hydrogen (secondary N) is 1. The minimum Gasteiger partial charge on any atom is -0.387 e. The van der Waals surface area contributed by atoms with E-state index in [-0.39, 0.29) is 0 Å². The number of piperidine rings is 1. The van der Waals surface area contributed by atoms with E-state index in [9.17, 15) is 0 Å². The second-order valence-corrected chi connectivity index (χ2v) is 5.14. The number of likely N-dealkylation sites (tertiary alicyclic amines) is 2. The van der Waals surface area contributed by atoms with Crippen molar-refractivity contribution in [1.29, 1.82) is 5.41 Å². The molecule has 0 aromatic heterocycles. The van der Waals surface area contributed by atoms with Gasteiger partial charge in [-0.15, -0.1) is 0 Å². The van der Waals surface area contributed by atoms with E-state index in [0.29, 0.717) is 11.8 Å². The number of amidine groups is 1. The maximum atomic E-state index is 7.52. The number of nitrogens with zero attached hydrogens (tertiary/aromatic N) is 2. The van der Waals surface area contributed by atoms with Crippen molar-refractivity contribution in [2.24, 2.45) is 11.7 Å². The van der Waals surface area contributed by atoms with Crippen molar-refractivity contribution < 1.29 is 0 Å². The summed E-state index contributed by atoms with van der Waals surface area (Å²) in [6.07, 6.45) is 5.05. The molecule has 0 saturated carbocycles. The SMILES string of the molecule is N=C(N)C1CCCN(CCN2CCCC2)C1. The van der Waals surface area contributed by atoms with Crippen LogP contribution in [0, 0.1) is 11.3 Å². The first-order valence-corrected chi connectivity index (χ1v) is 6.54. The van der Waals surface area contributed by atoms with Crippen LogP contribution in [0.25, 0.3) is 0 Å². The van der Waals surface area contributed by atoms with Crippen LogP contribution in [-0.2, 0) is 0 Å². The molecule has 0 spiro atoms. The maximum absolute atomic E-state index is 7.52. The molecule has 92 valence electrons. The summed E-state index contributed by atoms with van der Waals surface area (Å²) in [5, 5.41) is 7.52. The molecular weight excluding hydrogens is 200 g/mol. The van der Waals surface area contributed by atoms with E-state index in [1.807, 2.05) is 0 Å². The van der Waals surface area contributed by atoms with Gasteiger partial charge in [0, 0.05) is 25.6 Å². The zero-order chi connectivity index (χ0) is 11.4. The monoisotopic (exact) mass is 224 g/mol. The quantitative estimate of drug-likeness (QED) is 0.547. The fourth-order valence-corrected chi connectivity index (χ4v) is 2.80. The normalized spacial score (nSPS) is 28.4. The molecule has 4 nitrogen and oxygen atoms in total. The summed E-state index contributed by atoms with van der Waals surface area (Å²) in [5.41, 5.74) is 5.59. The van der Waals surface area contributed by atoms with E-state index in [1.165, 1.54) is 45.4 Å². The summed E-state index contributed by atoms with van der Waals surface area (Å²) in [7, 11) is 0. The third-order valence-corrected chi connectivity index (χ3v) is 3.88. The molecule has 16 heavy (non-hydrogen) atoms. The van der Waals surface area contributed by atoms with E-state index >= 15 is 0 Å². The van der Waals surface area contributed by atoms with Gasteiger partial charge in [-0.1, -0.05) is 0 Å². The smallest absolute Gasteiger partial charge is 0.0949 e. The Balaban J connectivity index is 1.70. The van der Waals surface area contributed by atoms with Crippen molar-refractivity contribution in [1.82, 2.24) is 9.80 Å². The molecule has 0 bridgehead atoms. The lowest BCUT2D eigenvalue weighted by Crippen LogP contribution is -2.43. The number of hydrogen-bond donors (Lipinski definition) is 2. The van der Waals surface area contributed by atoms with Gasteiger partial charge < -0.3 is 15.5 Å². The van der Waals surface area contributed by atoms with Gasteiger partial charge in [0.15, 0.2) is 0 Å². The Morgan fingerprint density at radius 3 is 2.38 bits per heavy atom. The number of rotatable bonds is 4. The van der Waals surface area contributed by atoms with Gasteiger partial charge in [-0.05, 0) is 45.3 Å². The molecule has 2 saturated heterocycles. The Morgan fingerprint density at radius 1 is 1.06 bits per heavy atom. The summed E-state index contributed by atoms with van der Waals surface area (Å²) in [6, 6.07) is 0. The highest BCUT2D eigenvalue weighted by atomic mass is 15.2. The first-order chi connectivity index (χ1) is 7.75. The molecule has 0 aromatic carbocycles. The lowest BCUT2D eigenvalue weighted by atomic mass is 9.97. The van der Waals surface area contributed by atoms with E-state index in [1.54, 1.807) is 0 Å². The fraction of sp³-hybridized carbons (Fsp3) is 0.917. The average Bonchev–Trinajstić information content (AvgIpc) is 2.79. The van der Waals surface area contributed by atoms with Crippen LogP contribution in [0.2, 0.25) is 0 Å². The number of hydrogen-bond acceptors (Lipinski definition) is 3. The molecule has 0 aliphatic carbocycles. The molecule has 4 heteroatoms. The lowest BCUT2D eigenvalue weighted by molar-refractivity contribution is 0.178. The molecular formula is C12H24N4. The first-order valence-electron chi connectivity index (χ1n) is 6.54. The van der Waals surface area contributed by atoms with Crippen LogP contribution in [0.5, 0.6) is 0 Å². The Labute approximate surface area is 98.3 Å². The molecule has 2 rings (SSSR count). The highest BCUT2D eigenvalue weighted by Gasteiger charge is 2.22. The number of nitrogens with two attached hydrogens (primary N) is 1. The molecule has 0 radical (unpaired) electrons. The minimum atomic E-state index is 0.312. The van der Waals surface area contributed by atoms with Crippen LogP contribution in [0.15, 0.2) is 0 Å². The molecule has 2 heterocycles. The van der Waals surface area contributed by atoms with Gasteiger partial charge in [-0.2, -0.15) is 0 Å². The molecule has 2 fully saturated rings. The predicted octanol–water partition coefficient (Wildman–Crippen LogP) is 0.730. The maximum Gasteiger partial charge on any atom is 0.0949 e. The highest BCUT2D eigenvalue weighted by Crippen LogP contribution is 2.16. The van der Waals surface area contributed by atoms with Crippen molar-refractivity contribution >= 4 is 5.84 Å². The molecule has 1 unspecified atom stereocenters. The largest absolute Gasteiger partial charge is 0.387 e. The molecule has 2 aliphatic heterocycles. The molecule has 1 atom stereocenters. The van der Waals surface area contributed by atoms with Crippen LogP contribution in [-0.4, -0.2) is 54.9 Å². The van der Waals surface area contributed by atoms with Gasteiger partial charge in [-0.25, -0.2) is 0 Å². The van der Waals surface area contributed by atoms with E-state index < -0.39 is 0 Å². The molecule has 0 aromatic rings. The zero-order valence-electron chi connectivity index (χ0n) is 10.1. The Hall–Kier alpha value is -0.610. The van der Waals surface area contributed by atoms with Crippen molar-refractivity contribution in [3.8, 4) is 0 Å². The lowest BCUT2D eigenvalue weighted by Gasteiger charge is -2.33. The molecule has 3 N–H and O–H groups in total. The van der Waals surface area contributed by atoms with Crippen LogP contribution in [0.1, 0.15) is 25.7 Å².